The lowest BCUT2D eigenvalue weighted by Gasteiger charge is -2.06. The highest BCUT2D eigenvalue weighted by atomic mass is 32.2. The van der Waals surface area contributed by atoms with Gasteiger partial charge in [0.2, 0.25) is 0 Å². The Morgan fingerprint density at radius 1 is 1.35 bits per heavy atom. The van der Waals surface area contributed by atoms with Crippen LogP contribution in [0.2, 0.25) is 0 Å². The van der Waals surface area contributed by atoms with Gasteiger partial charge in [-0.1, -0.05) is 12.0 Å². The van der Waals surface area contributed by atoms with Gasteiger partial charge in [-0.05, 0) is 24.3 Å². The minimum absolute atomic E-state index is 0.00334. The molecule has 2 rings (SSSR count). The second kappa shape index (κ2) is 4.31. The van der Waals surface area contributed by atoms with Gasteiger partial charge >= 0.3 is 0 Å². The van der Waals surface area contributed by atoms with Gasteiger partial charge in [-0.2, -0.15) is 13.5 Å². The number of benzene rings is 1. The zero-order valence-corrected chi connectivity index (χ0v) is 9.53. The number of hydrogen-bond donors (Lipinski definition) is 2. The first-order chi connectivity index (χ1) is 8.12. The Morgan fingerprint density at radius 3 is 2.82 bits per heavy atom. The van der Waals surface area contributed by atoms with Crippen molar-refractivity contribution in [2.24, 2.45) is 0 Å². The van der Waals surface area contributed by atoms with Crippen LogP contribution in [0.1, 0.15) is 5.56 Å². The van der Waals surface area contributed by atoms with Crippen molar-refractivity contribution < 1.29 is 8.42 Å². The molecule has 1 heterocycles. The first-order valence-corrected chi connectivity index (χ1v) is 6.19. The number of rotatable bonds is 3. The largest absolute Gasteiger partial charge is 0.278 e. The molecule has 0 amide bonds. The van der Waals surface area contributed by atoms with Crippen molar-refractivity contribution in [2.75, 3.05) is 4.72 Å². The minimum atomic E-state index is -3.63. The third-order valence-corrected chi connectivity index (χ3v) is 3.36. The molecule has 0 bridgehead atoms. The molecule has 0 aliphatic heterocycles. The predicted molar refractivity (Wildman–Crippen MR) is 63.8 cm³/mol. The Hall–Kier alpha value is -2.26. The van der Waals surface area contributed by atoms with Crippen LogP contribution in [-0.2, 0) is 10.0 Å². The molecule has 0 aliphatic rings. The molecular formula is C11H9N3O2S. The average Bonchev–Trinajstić information content (AvgIpc) is 2.83. The Labute approximate surface area is 98.9 Å². The lowest BCUT2D eigenvalue weighted by Crippen LogP contribution is -2.13. The van der Waals surface area contributed by atoms with Gasteiger partial charge in [0.15, 0.2) is 5.03 Å². The van der Waals surface area contributed by atoms with Gasteiger partial charge in [-0.3, -0.25) is 9.82 Å². The van der Waals surface area contributed by atoms with Crippen LogP contribution in [0.4, 0.5) is 5.69 Å². The van der Waals surface area contributed by atoms with E-state index in [-0.39, 0.29) is 5.03 Å². The zero-order valence-electron chi connectivity index (χ0n) is 8.71. The van der Waals surface area contributed by atoms with Gasteiger partial charge < -0.3 is 0 Å². The third-order valence-electron chi connectivity index (χ3n) is 2.05. The van der Waals surface area contributed by atoms with E-state index in [1.165, 1.54) is 12.3 Å². The Kier molecular flexibility index (Phi) is 2.85. The molecule has 17 heavy (non-hydrogen) atoms. The number of nitrogens with zero attached hydrogens (tertiary/aromatic N) is 1. The number of anilines is 1. The van der Waals surface area contributed by atoms with Gasteiger partial charge in [-0.15, -0.1) is 6.42 Å². The summed E-state index contributed by atoms with van der Waals surface area (Å²) in [5, 5.41) is 5.98. The summed E-state index contributed by atoms with van der Waals surface area (Å²) in [5.74, 6) is 2.43. The van der Waals surface area contributed by atoms with Crippen LogP contribution in [0, 0.1) is 12.3 Å². The fraction of sp³-hybridized carbons (Fsp3) is 0. The van der Waals surface area contributed by atoms with Crippen molar-refractivity contribution in [1.82, 2.24) is 10.2 Å². The molecule has 0 spiro atoms. The highest BCUT2D eigenvalue weighted by Crippen LogP contribution is 2.14. The Balaban J connectivity index is 2.30. The molecule has 0 aliphatic carbocycles. The number of aromatic nitrogens is 2. The number of sulfonamides is 1. The summed E-state index contributed by atoms with van der Waals surface area (Å²) in [7, 11) is -3.63. The number of H-pyrrole nitrogens is 1. The molecule has 0 saturated carbocycles. The van der Waals surface area contributed by atoms with E-state index in [1.807, 2.05) is 0 Å². The molecular weight excluding hydrogens is 238 g/mol. The molecule has 0 atom stereocenters. The van der Waals surface area contributed by atoms with E-state index in [1.54, 1.807) is 24.3 Å². The van der Waals surface area contributed by atoms with Crippen LogP contribution >= 0.6 is 0 Å². The zero-order chi connectivity index (χ0) is 12.3. The van der Waals surface area contributed by atoms with Crippen molar-refractivity contribution in [1.29, 1.82) is 0 Å². The standard InChI is InChI=1S/C11H9N3O2S/c1-2-9-4-3-5-10(8-9)14-17(15,16)11-6-7-12-13-11/h1,3-8,14H,(H,12,13). The summed E-state index contributed by atoms with van der Waals surface area (Å²) in [6.07, 6.45) is 6.60. The maximum atomic E-state index is 11.8. The van der Waals surface area contributed by atoms with Gasteiger partial charge in [0.1, 0.15) is 0 Å². The number of aromatic amines is 1. The molecule has 2 aromatic rings. The second-order valence-corrected chi connectivity index (χ2v) is 4.90. The van der Waals surface area contributed by atoms with Gasteiger partial charge in [0.05, 0.1) is 11.9 Å². The summed E-state index contributed by atoms with van der Waals surface area (Å²) in [5.41, 5.74) is 1.02. The van der Waals surface area contributed by atoms with Gasteiger partial charge in [0, 0.05) is 5.56 Å². The normalized spacial score (nSPS) is 10.8. The highest BCUT2D eigenvalue weighted by molar-refractivity contribution is 7.92. The van der Waals surface area contributed by atoms with E-state index in [0.717, 1.165) is 0 Å². The van der Waals surface area contributed by atoms with E-state index in [9.17, 15) is 8.42 Å². The second-order valence-electron chi connectivity index (χ2n) is 3.25. The molecule has 2 N–H and O–H groups in total. The molecule has 1 aromatic carbocycles. The fourth-order valence-electron chi connectivity index (χ4n) is 1.28. The van der Waals surface area contributed by atoms with E-state index in [4.69, 9.17) is 6.42 Å². The van der Waals surface area contributed by atoms with E-state index >= 15 is 0 Å². The smallest absolute Gasteiger partial charge is 0.278 e. The molecule has 86 valence electrons. The number of nitrogens with one attached hydrogen (secondary N) is 2. The molecule has 0 fully saturated rings. The third kappa shape index (κ3) is 2.46. The first kappa shape index (κ1) is 11.2. The summed E-state index contributed by atoms with van der Waals surface area (Å²) in [4.78, 5) is 0. The van der Waals surface area contributed by atoms with E-state index < -0.39 is 10.0 Å². The Bertz CT molecular complexity index is 654. The first-order valence-electron chi connectivity index (χ1n) is 4.71. The topological polar surface area (TPSA) is 74.8 Å². The van der Waals surface area contributed by atoms with Crippen LogP contribution in [-0.4, -0.2) is 18.6 Å². The van der Waals surface area contributed by atoms with Crippen molar-refractivity contribution in [3.63, 3.8) is 0 Å². The predicted octanol–water partition coefficient (Wildman–Crippen LogP) is 1.19. The molecule has 1 aromatic heterocycles. The summed E-state index contributed by atoms with van der Waals surface area (Å²) in [6.45, 7) is 0. The van der Waals surface area contributed by atoms with Gasteiger partial charge in [0.25, 0.3) is 10.0 Å². The minimum Gasteiger partial charge on any atom is -0.278 e. The van der Waals surface area contributed by atoms with Crippen molar-refractivity contribution in [3.05, 3.63) is 42.1 Å². The van der Waals surface area contributed by atoms with Crippen LogP contribution in [0.5, 0.6) is 0 Å². The van der Waals surface area contributed by atoms with Crippen molar-refractivity contribution in [3.8, 4) is 12.3 Å². The van der Waals surface area contributed by atoms with Crippen LogP contribution < -0.4 is 4.72 Å². The molecule has 0 saturated heterocycles. The van der Waals surface area contributed by atoms with E-state index in [2.05, 4.69) is 20.8 Å². The summed E-state index contributed by atoms with van der Waals surface area (Å²) < 4.78 is 26.1. The fourth-order valence-corrected chi connectivity index (χ4v) is 2.24. The Morgan fingerprint density at radius 2 is 2.18 bits per heavy atom. The quantitative estimate of drug-likeness (QED) is 0.800. The monoisotopic (exact) mass is 247 g/mol. The van der Waals surface area contributed by atoms with Crippen molar-refractivity contribution >= 4 is 15.7 Å². The van der Waals surface area contributed by atoms with Crippen LogP contribution in [0.3, 0.4) is 0 Å². The molecule has 5 nitrogen and oxygen atoms in total. The van der Waals surface area contributed by atoms with Crippen LogP contribution in [0.25, 0.3) is 0 Å². The lowest BCUT2D eigenvalue weighted by molar-refractivity contribution is 0.597. The highest BCUT2D eigenvalue weighted by Gasteiger charge is 2.15. The maximum Gasteiger partial charge on any atom is 0.278 e. The molecule has 0 unspecified atom stereocenters. The van der Waals surface area contributed by atoms with Crippen LogP contribution in [0.15, 0.2) is 41.6 Å². The molecule has 6 heteroatoms. The summed E-state index contributed by atoms with van der Waals surface area (Å²) >= 11 is 0. The van der Waals surface area contributed by atoms with Crippen molar-refractivity contribution in [2.45, 2.75) is 5.03 Å². The average molecular weight is 247 g/mol. The van der Waals surface area contributed by atoms with E-state index in [0.29, 0.717) is 11.3 Å². The molecule has 0 radical (unpaired) electrons. The lowest BCUT2D eigenvalue weighted by atomic mass is 10.2. The number of terminal acetylenes is 1. The number of hydrogen-bond acceptors (Lipinski definition) is 3. The van der Waals surface area contributed by atoms with Gasteiger partial charge in [-0.25, -0.2) is 0 Å². The maximum absolute atomic E-state index is 11.8. The SMILES string of the molecule is C#Cc1cccc(NS(=O)(=O)c2ccn[nH]2)c1. The summed E-state index contributed by atoms with van der Waals surface area (Å²) in [6, 6.07) is 7.96.